The Morgan fingerprint density at radius 1 is 1.35 bits per heavy atom. The highest BCUT2D eigenvalue weighted by Crippen LogP contribution is 2.13. The van der Waals surface area contributed by atoms with Crippen molar-refractivity contribution in [3.63, 3.8) is 0 Å². The second-order valence-corrected chi connectivity index (χ2v) is 4.21. The molecule has 0 saturated carbocycles. The van der Waals surface area contributed by atoms with Crippen molar-refractivity contribution in [2.75, 3.05) is 13.7 Å². The molecular weight excluding hydrogens is 216 g/mol. The molecule has 96 valence electrons. The summed E-state index contributed by atoms with van der Waals surface area (Å²) in [5.41, 5.74) is 0.303. The number of nitrogens with zero attached hydrogens (tertiary/aromatic N) is 1. The van der Waals surface area contributed by atoms with Gasteiger partial charge in [-0.3, -0.25) is 0 Å². The van der Waals surface area contributed by atoms with E-state index in [0.717, 1.165) is 18.5 Å². The average molecular weight is 238 g/mol. The average Bonchev–Trinajstić information content (AvgIpc) is 2.39. The van der Waals surface area contributed by atoms with Crippen LogP contribution in [0.15, 0.2) is 18.2 Å². The molecule has 0 aliphatic carbocycles. The van der Waals surface area contributed by atoms with Crippen molar-refractivity contribution < 1.29 is 9.84 Å². The first-order valence-corrected chi connectivity index (χ1v) is 6.06. The van der Waals surface area contributed by atoms with E-state index in [2.05, 4.69) is 10.3 Å². The van der Waals surface area contributed by atoms with Crippen LogP contribution in [-0.4, -0.2) is 29.3 Å². The molecular formula is C13H22N2O2. The number of hydrogen-bond donors (Lipinski definition) is 2. The van der Waals surface area contributed by atoms with Crippen LogP contribution in [0.1, 0.15) is 32.4 Å². The lowest BCUT2D eigenvalue weighted by Gasteiger charge is -2.25. The van der Waals surface area contributed by atoms with Crippen LogP contribution < -0.4 is 10.1 Å². The first-order chi connectivity index (χ1) is 8.13. The summed E-state index contributed by atoms with van der Waals surface area (Å²) >= 11 is 0. The summed E-state index contributed by atoms with van der Waals surface area (Å²) in [6.07, 6.45) is 1.50. The van der Waals surface area contributed by atoms with Crippen LogP contribution in [0.5, 0.6) is 5.88 Å². The van der Waals surface area contributed by atoms with Gasteiger partial charge in [0.05, 0.1) is 18.4 Å². The number of ether oxygens (including phenoxy) is 1. The van der Waals surface area contributed by atoms with Crippen LogP contribution in [0.25, 0.3) is 0 Å². The van der Waals surface area contributed by atoms with Gasteiger partial charge < -0.3 is 15.2 Å². The summed E-state index contributed by atoms with van der Waals surface area (Å²) in [7, 11) is 1.60. The number of aromatic nitrogens is 1. The topological polar surface area (TPSA) is 54.4 Å². The minimum atomic E-state index is -0.612. The van der Waals surface area contributed by atoms with E-state index in [1.54, 1.807) is 7.11 Å². The van der Waals surface area contributed by atoms with Gasteiger partial charge in [-0.1, -0.05) is 19.9 Å². The van der Waals surface area contributed by atoms with E-state index >= 15 is 0 Å². The van der Waals surface area contributed by atoms with Crippen LogP contribution in [-0.2, 0) is 6.54 Å². The summed E-state index contributed by atoms with van der Waals surface area (Å²) in [6.45, 7) is 5.21. The predicted molar refractivity (Wildman–Crippen MR) is 68.0 cm³/mol. The molecule has 4 nitrogen and oxygen atoms in total. The molecule has 0 spiro atoms. The maximum absolute atomic E-state index is 10.1. The molecule has 0 aliphatic rings. The maximum Gasteiger partial charge on any atom is 0.213 e. The first-order valence-electron chi connectivity index (χ1n) is 6.06. The molecule has 17 heavy (non-hydrogen) atoms. The summed E-state index contributed by atoms with van der Waals surface area (Å²) in [5, 5.41) is 13.3. The van der Waals surface area contributed by atoms with Crippen molar-refractivity contribution in [3.8, 4) is 5.88 Å². The largest absolute Gasteiger partial charge is 0.481 e. The van der Waals surface area contributed by atoms with Crippen LogP contribution in [0.2, 0.25) is 0 Å². The van der Waals surface area contributed by atoms with Crippen molar-refractivity contribution in [1.29, 1.82) is 0 Å². The van der Waals surface area contributed by atoms with Gasteiger partial charge in [-0.15, -0.1) is 0 Å². The normalized spacial score (nSPS) is 11.5. The Bertz CT molecular complexity index is 338. The molecule has 1 heterocycles. The van der Waals surface area contributed by atoms with E-state index in [-0.39, 0.29) is 0 Å². The van der Waals surface area contributed by atoms with E-state index in [1.165, 1.54) is 0 Å². The Morgan fingerprint density at radius 3 is 2.65 bits per heavy atom. The molecule has 1 aromatic rings. The number of rotatable bonds is 7. The fraction of sp³-hybridized carbons (Fsp3) is 0.615. The lowest BCUT2D eigenvalue weighted by atomic mass is 9.98. The van der Waals surface area contributed by atoms with Gasteiger partial charge in [-0.25, -0.2) is 4.98 Å². The number of methoxy groups -OCH3 is 1. The highest BCUT2D eigenvalue weighted by Gasteiger charge is 2.21. The maximum atomic E-state index is 10.1. The summed E-state index contributed by atoms with van der Waals surface area (Å²) in [6, 6.07) is 5.67. The highest BCUT2D eigenvalue weighted by molar-refractivity contribution is 5.15. The lowest BCUT2D eigenvalue weighted by Crippen LogP contribution is -2.39. The minimum Gasteiger partial charge on any atom is -0.481 e. The monoisotopic (exact) mass is 238 g/mol. The van der Waals surface area contributed by atoms with E-state index in [1.807, 2.05) is 32.0 Å². The minimum absolute atomic E-state index is 0.582. The quantitative estimate of drug-likeness (QED) is 0.759. The summed E-state index contributed by atoms with van der Waals surface area (Å²) in [5.74, 6) is 0.616. The molecule has 0 aromatic carbocycles. The van der Waals surface area contributed by atoms with Gasteiger partial charge in [0.15, 0.2) is 0 Å². The molecule has 0 atom stereocenters. The smallest absolute Gasteiger partial charge is 0.213 e. The van der Waals surface area contributed by atoms with Gasteiger partial charge in [0.1, 0.15) is 0 Å². The fourth-order valence-electron chi connectivity index (χ4n) is 1.59. The zero-order valence-electron chi connectivity index (χ0n) is 10.9. The molecule has 0 fully saturated rings. The van der Waals surface area contributed by atoms with Crippen molar-refractivity contribution in [2.24, 2.45) is 0 Å². The molecule has 0 radical (unpaired) electrons. The standard InChI is InChI=1S/C13H22N2O2/c1-4-13(16,5-2)10-14-9-11-7-6-8-12(15-11)17-3/h6-8,14,16H,4-5,9-10H2,1-3H3. The second-order valence-electron chi connectivity index (χ2n) is 4.21. The molecule has 4 heteroatoms. The van der Waals surface area contributed by atoms with Gasteiger partial charge in [-0.05, 0) is 18.9 Å². The Hall–Kier alpha value is -1.13. The van der Waals surface area contributed by atoms with E-state index in [0.29, 0.717) is 19.0 Å². The third kappa shape index (κ3) is 4.32. The number of aliphatic hydroxyl groups is 1. The van der Waals surface area contributed by atoms with Crippen molar-refractivity contribution in [2.45, 2.75) is 38.8 Å². The Balaban J connectivity index is 2.45. The van der Waals surface area contributed by atoms with Gasteiger partial charge >= 0.3 is 0 Å². The van der Waals surface area contributed by atoms with Gasteiger partial charge in [0.25, 0.3) is 0 Å². The summed E-state index contributed by atoms with van der Waals surface area (Å²) in [4.78, 5) is 4.30. The fourth-order valence-corrected chi connectivity index (χ4v) is 1.59. The van der Waals surface area contributed by atoms with Crippen molar-refractivity contribution in [3.05, 3.63) is 23.9 Å². The molecule has 2 N–H and O–H groups in total. The number of nitrogens with one attached hydrogen (secondary N) is 1. The molecule has 0 bridgehead atoms. The van der Waals surface area contributed by atoms with Crippen LogP contribution in [0.4, 0.5) is 0 Å². The molecule has 1 rings (SSSR count). The zero-order valence-corrected chi connectivity index (χ0v) is 10.9. The SMILES string of the molecule is CCC(O)(CC)CNCc1cccc(OC)n1. The van der Waals surface area contributed by atoms with Crippen LogP contribution >= 0.6 is 0 Å². The van der Waals surface area contributed by atoms with Gasteiger partial charge in [0, 0.05) is 19.2 Å². The highest BCUT2D eigenvalue weighted by atomic mass is 16.5. The van der Waals surface area contributed by atoms with Gasteiger partial charge in [-0.2, -0.15) is 0 Å². The Morgan fingerprint density at radius 2 is 2.06 bits per heavy atom. The lowest BCUT2D eigenvalue weighted by molar-refractivity contribution is 0.0322. The van der Waals surface area contributed by atoms with Crippen LogP contribution in [0, 0.1) is 0 Å². The molecule has 0 aliphatic heterocycles. The molecule has 0 saturated heterocycles. The number of pyridine rings is 1. The molecule has 0 unspecified atom stereocenters. The third-order valence-electron chi connectivity index (χ3n) is 3.07. The van der Waals surface area contributed by atoms with Crippen molar-refractivity contribution >= 4 is 0 Å². The predicted octanol–water partition coefficient (Wildman–Crippen LogP) is 1.73. The third-order valence-corrected chi connectivity index (χ3v) is 3.07. The van der Waals surface area contributed by atoms with E-state index < -0.39 is 5.60 Å². The Kier molecular flexibility index (Phi) is 5.38. The van der Waals surface area contributed by atoms with Gasteiger partial charge in [0.2, 0.25) is 5.88 Å². The first kappa shape index (κ1) is 13.9. The van der Waals surface area contributed by atoms with Crippen LogP contribution in [0.3, 0.4) is 0 Å². The second kappa shape index (κ2) is 6.57. The Labute approximate surface area is 103 Å². The molecule has 1 aromatic heterocycles. The van der Waals surface area contributed by atoms with E-state index in [9.17, 15) is 5.11 Å². The summed E-state index contributed by atoms with van der Waals surface area (Å²) < 4.78 is 5.06. The molecule has 0 amide bonds. The van der Waals surface area contributed by atoms with E-state index in [4.69, 9.17) is 4.74 Å². The van der Waals surface area contributed by atoms with Crippen molar-refractivity contribution in [1.82, 2.24) is 10.3 Å². The number of hydrogen-bond acceptors (Lipinski definition) is 4. The zero-order chi connectivity index (χ0) is 12.7.